The molecule has 56 heavy (non-hydrogen) atoms. The Kier molecular flexibility index (Phi) is 8.46. The third kappa shape index (κ3) is 6.01. The Balaban J connectivity index is 0.975. The number of aromatic nitrogens is 2. The molecule has 0 atom stereocenters. The van der Waals surface area contributed by atoms with E-state index in [9.17, 15) is 5.26 Å². The van der Waals surface area contributed by atoms with Crippen LogP contribution in [-0.2, 0) is 5.41 Å². The zero-order valence-electron chi connectivity index (χ0n) is 31.1. The second-order valence-corrected chi connectivity index (χ2v) is 15.2. The number of hydrogen-bond acceptors (Lipinski definition) is 3. The van der Waals surface area contributed by atoms with E-state index < -0.39 is 0 Å². The van der Waals surface area contributed by atoms with Gasteiger partial charge in [-0.05, 0) is 98.8 Å². The van der Waals surface area contributed by atoms with Crippen LogP contribution >= 0.6 is 0 Å². The minimum atomic E-state index is -0.00786. The molecule has 0 radical (unpaired) electrons. The second-order valence-electron chi connectivity index (χ2n) is 15.2. The maximum atomic E-state index is 9.75. The molecule has 3 heteroatoms. The minimum Gasteiger partial charge on any atom is -0.228 e. The molecule has 0 amide bonds. The van der Waals surface area contributed by atoms with E-state index in [1.54, 1.807) is 0 Å². The number of nitriles is 1. The highest BCUT2D eigenvalue weighted by molar-refractivity contribution is 5.85. The van der Waals surface area contributed by atoms with Gasteiger partial charge >= 0.3 is 0 Å². The number of rotatable bonds is 6. The number of hydrogen-bond donors (Lipinski definition) is 0. The van der Waals surface area contributed by atoms with E-state index in [4.69, 9.17) is 9.97 Å². The first-order chi connectivity index (χ1) is 27.6. The molecule has 1 heterocycles. The van der Waals surface area contributed by atoms with Gasteiger partial charge in [-0.3, -0.25) is 0 Å². The molecule has 1 fully saturated rings. The van der Waals surface area contributed by atoms with Crippen molar-refractivity contribution in [3.05, 3.63) is 193 Å². The highest BCUT2D eigenvalue weighted by Crippen LogP contribution is 2.56. The Morgan fingerprint density at radius 1 is 0.393 bits per heavy atom. The Labute approximate surface area is 328 Å². The molecule has 1 saturated carbocycles. The van der Waals surface area contributed by atoms with Crippen LogP contribution in [0.25, 0.3) is 78.4 Å². The van der Waals surface area contributed by atoms with Crippen LogP contribution in [0.1, 0.15) is 48.8 Å². The largest absolute Gasteiger partial charge is 0.228 e. The van der Waals surface area contributed by atoms with Crippen LogP contribution in [0.3, 0.4) is 0 Å². The molecule has 10 rings (SSSR count). The predicted octanol–water partition coefficient (Wildman–Crippen LogP) is 13.6. The summed E-state index contributed by atoms with van der Waals surface area (Å²) in [6.07, 6.45) is 5.99. The summed E-state index contributed by atoms with van der Waals surface area (Å²) in [4.78, 5) is 10.1. The van der Waals surface area contributed by atoms with Crippen LogP contribution in [0.5, 0.6) is 0 Å². The van der Waals surface area contributed by atoms with Crippen molar-refractivity contribution >= 4 is 0 Å². The molecule has 8 aromatic rings. The molecule has 7 aromatic carbocycles. The zero-order valence-corrected chi connectivity index (χ0v) is 31.1. The van der Waals surface area contributed by atoms with E-state index in [0.717, 1.165) is 52.0 Å². The van der Waals surface area contributed by atoms with Gasteiger partial charge in [-0.25, -0.2) is 9.97 Å². The molecule has 266 valence electrons. The predicted molar refractivity (Wildman–Crippen MR) is 229 cm³/mol. The first-order valence-electron chi connectivity index (χ1n) is 19.7. The molecular formula is C53H39N3. The first-order valence-corrected chi connectivity index (χ1v) is 19.7. The van der Waals surface area contributed by atoms with E-state index >= 15 is 0 Å². The molecule has 0 saturated heterocycles. The molecule has 2 aliphatic carbocycles. The summed E-state index contributed by atoms with van der Waals surface area (Å²) in [5.74, 6) is 0.708. The quantitative estimate of drug-likeness (QED) is 0.172. The topological polar surface area (TPSA) is 49.6 Å². The Morgan fingerprint density at radius 3 is 1.48 bits per heavy atom. The van der Waals surface area contributed by atoms with Crippen LogP contribution in [-0.4, -0.2) is 9.97 Å². The first kappa shape index (κ1) is 33.7. The second kappa shape index (κ2) is 14.1. The summed E-state index contributed by atoms with van der Waals surface area (Å²) in [5, 5.41) is 9.75. The average Bonchev–Trinajstić information content (AvgIpc) is 3.54. The zero-order chi connectivity index (χ0) is 37.5. The van der Waals surface area contributed by atoms with E-state index in [1.165, 1.54) is 69.3 Å². The lowest BCUT2D eigenvalue weighted by molar-refractivity contribution is 0.353. The van der Waals surface area contributed by atoms with Gasteiger partial charge in [0, 0.05) is 22.1 Å². The lowest BCUT2D eigenvalue weighted by atomic mass is 9.67. The van der Waals surface area contributed by atoms with E-state index in [0.29, 0.717) is 5.82 Å². The number of benzene rings is 7. The summed E-state index contributed by atoms with van der Waals surface area (Å²) in [6.45, 7) is 0. The van der Waals surface area contributed by atoms with Gasteiger partial charge in [-0.15, -0.1) is 0 Å². The smallest absolute Gasteiger partial charge is 0.160 e. The summed E-state index contributed by atoms with van der Waals surface area (Å²) < 4.78 is 0. The van der Waals surface area contributed by atoms with Gasteiger partial charge in [0.15, 0.2) is 5.82 Å². The summed E-state index contributed by atoms with van der Waals surface area (Å²) in [7, 11) is 0. The lowest BCUT2D eigenvalue weighted by Gasteiger charge is -2.36. The van der Waals surface area contributed by atoms with Crippen LogP contribution in [0.2, 0.25) is 0 Å². The van der Waals surface area contributed by atoms with Gasteiger partial charge in [0.05, 0.1) is 23.0 Å². The fraction of sp³-hybridized carbons (Fsp3) is 0.113. The van der Waals surface area contributed by atoms with Crippen molar-refractivity contribution in [3.63, 3.8) is 0 Å². The fourth-order valence-corrected chi connectivity index (χ4v) is 9.07. The summed E-state index contributed by atoms with van der Waals surface area (Å²) in [5.41, 5.74) is 18.2. The van der Waals surface area contributed by atoms with Crippen LogP contribution in [0, 0.1) is 11.3 Å². The molecule has 0 aliphatic heterocycles. The molecular weight excluding hydrogens is 679 g/mol. The van der Waals surface area contributed by atoms with Crippen molar-refractivity contribution in [2.24, 2.45) is 0 Å². The summed E-state index contributed by atoms with van der Waals surface area (Å²) >= 11 is 0. The van der Waals surface area contributed by atoms with Crippen molar-refractivity contribution in [2.75, 3.05) is 0 Å². The standard InChI is InChI=1S/C53H39N3/c54-35-36-17-27-46-47-28-26-45(33-49(47)53(48(46)31-36)29-8-3-9-30-53)44-16-10-15-43(32-44)39-20-24-41(25-21-39)51-34-50(55-52(56-51)42-13-6-2-7-14-42)40-22-18-38(19-23-40)37-11-4-1-5-12-37/h1-2,4-7,10-28,31-34H,3,8-9,29-30H2. The van der Waals surface area contributed by atoms with Crippen molar-refractivity contribution in [1.29, 1.82) is 5.26 Å². The van der Waals surface area contributed by atoms with Gasteiger partial charge in [-0.1, -0.05) is 165 Å². The number of nitrogens with zero attached hydrogens (tertiary/aromatic N) is 3. The highest BCUT2D eigenvalue weighted by atomic mass is 14.9. The SMILES string of the molecule is N#Cc1ccc2c(c1)C1(CCCCC1)c1cc(-c3cccc(-c4ccc(-c5cc(-c6ccc(-c7ccccc7)cc6)nc(-c6ccccc6)n5)cc4)c3)ccc1-2. The molecule has 0 N–H and O–H groups in total. The minimum absolute atomic E-state index is 0.00786. The normalized spacial score (nSPS) is 13.8. The van der Waals surface area contributed by atoms with Gasteiger partial charge in [0.1, 0.15) is 0 Å². The van der Waals surface area contributed by atoms with Gasteiger partial charge in [0.25, 0.3) is 0 Å². The fourth-order valence-electron chi connectivity index (χ4n) is 9.07. The van der Waals surface area contributed by atoms with Crippen LogP contribution in [0.4, 0.5) is 0 Å². The monoisotopic (exact) mass is 717 g/mol. The average molecular weight is 718 g/mol. The molecule has 1 spiro atoms. The van der Waals surface area contributed by atoms with Gasteiger partial charge in [-0.2, -0.15) is 5.26 Å². The Hall–Kier alpha value is -6.89. The van der Waals surface area contributed by atoms with E-state index in [2.05, 4.69) is 152 Å². The molecule has 0 unspecified atom stereocenters. The van der Waals surface area contributed by atoms with E-state index in [-0.39, 0.29) is 5.41 Å². The van der Waals surface area contributed by atoms with Crippen molar-refractivity contribution in [1.82, 2.24) is 9.97 Å². The van der Waals surface area contributed by atoms with Gasteiger partial charge < -0.3 is 0 Å². The maximum Gasteiger partial charge on any atom is 0.160 e. The molecule has 3 nitrogen and oxygen atoms in total. The lowest BCUT2D eigenvalue weighted by Crippen LogP contribution is -2.28. The van der Waals surface area contributed by atoms with Crippen molar-refractivity contribution < 1.29 is 0 Å². The highest BCUT2D eigenvalue weighted by Gasteiger charge is 2.44. The Bertz CT molecular complexity index is 2750. The third-order valence-corrected chi connectivity index (χ3v) is 12.0. The Morgan fingerprint density at radius 2 is 0.857 bits per heavy atom. The maximum absolute atomic E-state index is 9.75. The van der Waals surface area contributed by atoms with Crippen molar-refractivity contribution in [2.45, 2.75) is 37.5 Å². The van der Waals surface area contributed by atoms with E-state index in [1.807, 2.05) is 30.3 Å². The molecule has 1 aromatic heterocycles. The molecule has 0 bridgehead atoms. The van der Waals surface area contributed by atoms with Crippen LogP contribution in [0.15, 0.2) is 176 Å². The number of fused-ring (bicyclic) bond motifs is 5. The molecule has 2 aliphatic rings. The summed E-state index contributed by atoms with van der Waals surface area (Å²) in [6, 6.07) is 64.8. The van der Waals surface area contributed by atoms with Crippen molar-refractivity contribution in [3.8, 4) is 84.5 Å². The van der Waals surface area contributed by atoms with Crippen LogP contribution < -0.4 is 0 Å². The third-order valence-electron chi connectivity index (χ3n) is 12.0. The van der Waals surface area contributed by atoms with Gasteiger partial charge in [0.2, 0.25) is 0 Å².